The van der Waals surface area contributed by atoms with Crippen LogP contribution in [0.5, 0.6) is 11.5 Å². The summed E-state index contributed by atoms with van der Waals surface area (Å²) in [7, 11) is 0. The smallest absolute Gasteiger partial charge is 0.270 e. The Bertz CT molecular complexity index is 1340. The molecular formula is C23H16N4O7. The van der Waals surface area contributed by atoms with Crippen LogP contribution in [0.25, 0.3) is 0 Å². The zero-order valence-electron chi connectivity index (χ0n) is 17.4. The zero-order chi connectivity index (χ0) is 23.6. The molecule has 2 aromatic rings. The number of amides is 2. The highest BCUT2D eigenvalue weighted by Gasteiger charge is 2.64. The summed E-state index contributed by atoms with van der Waals surface area (Å²) in [6.07, 6.45) is 4.88. The molecule has 4 heterocycles. The second kappa shape index (κ2) is 7.24. The van der Waals surface area contributed by atoms with Crippen LogP contribution >= 0.6 is 0 Å². The number of ketones is 1. The van der Waals surface area contributed by atoms with Crippen molar-refractivity contribution in [1.82, 2.24) is 5.01 Å². The summed E-state index contributed by atoms with van der Waals surface area (Å²) in [6.45, 7) is 0.0472. The number of allylic oxidation sites excluding steroid dienone is 1. The fourth-order valence-corrected chi connectivity index (χ4v) is 5.06. The first kappa shape index (κ1) is 20.1. The van der Waals surface area contributed by atoms with Crippen molar-refractivity contribution < 1.29 is 28.8 Å². The number of Topliss-reactive ketones (excluding diaryl/α,β-unsaturated/α-hetero) is 1. The number of carbonyl (C=O) groups excluding carboxylic acids is 3. The summed E-state index contributed by atoms with van der Waals surface area (Å²) in [4.78, 5) is 52.4. The van der Waals surface area contributed by atoms with Crippen molar-refractivity contribution in [2.24, 2.45) is 16.9 Å². The van der Waals surface area contributed by atoms with Crippen LogP contribution in [0.1, 0.15) is 10.4 Å². The van der Waals surface area contributed by atoms with Crippen molar-refractivity contribution in [3.05, 3.63) is 70.3 Å². The van der Waals surface area contributed by atoms with E-state index in [9.17, 15) is 24.5 Å². The Morgan fingerprint density at radius 2 is 1.85 bits per heavy atom. The predicted octanol–water partition coefficient (Wildman–Crippen LogP) is 1.92. The fraction of sp³-hybridized carbons (Fsp3) is 0.217. The number of nitrogens with zero attached hydrogens (tertiary/aromatic N) is 4. The number of rotatable bonds is 4. The second-order valence-electron chi connectivity index (χ2n) is 8.24. The highest BCUT2D eigenvalue weighted by molar-refractivity contribution is 6.24. The van der Waals surface area contributed by atoms with Crippen LogP contribution in [0.2, 0.25) is 0 Å². The van der Waals surface area contributed by atoms with Gasteiger partial charge in [0.05, 0.1) is 28.5 Å². The molecule has 11 nitrogen and oxygen atoms in total. The summed E-state index contributed by atoms with van der Waals surface area (Å²) >= 11 is 0. The van der Waals surface area contributed by atoms with Gasteiger partial charge in [-0.3, -0.25) is 29.5 Å². The number of ether oxygens (including phenoxy) is 2. The first-order valence-electron chi connectivity index (χ1n) is 10.5. The maximum Gasteiger partial charge on any atom is 0.270 e. The van der Waals surface area contributed by atoms with E-state index in [4.69, 9.17) is 9.47 Å². The fourth-order valence-electron chi connectivity index (χ4n) is 5.06. The van der Waals surface area contributed by atoms with E-state index in [2.05, 4.69) is 5.10 Å². The molecular weight excluding hydrogens is 444 g/mol. The van der Waals surface area contributed by atoms with Crippen LogP contribution in [-0.4, -0.2) is 52.6 Å². The van der Waals surface area contributed by atoms with E-state index in [-0.39, 0.29) is 18.0 Å². The summed E-state index contributed by atoms with van der Waals surface area (Å²) < 4.78 is 10.7. The number of nitro groups is 1. The van der Waals surface area contributed by atoms with Gasteiger partial charge in [0.15, 0.2) is 17.3 Å². The summed E-state index contributed by atoms with van der Waals surface area (Å²) in [5.74, 6) is -2.40. The van der Waals surface area contributed by atoms with Crippen LogP contribution in [0.4, 0.5) is 11.4 Å². The Morgan fingerprint density at radius 3 is 2.68 bits per heavy atom. The molecule has 4 atom stereocenters. The molecule has 0 aromatic heterocycles. The quantitative estimate of drug-likeness (QED) is 0.293. The lowest BCUT2D eigenvalue weighted by atomic mass is 9.86. The molecule has 2 amide bonds. The van der Waals surface area contributed by atoms with Gasteiger partial charge >= 0.3 is 0 Å². The molecule has 2 aromatic carbocycles. The van der Waals surface area contributed by atoms with Crippen LogP contribution in [0.15, 0.2) is 59.7 Å². The molecule has 0 N–H and O–H groups in total. The van der Waals surface area contributed by atoms with Gasteiger partial charge in [-0.05, 0) is 18.2 Å². The number of nitro benzene ring substituents is 1. The van der Waals surface area contributed by atoms with Gasteiger partial charge in [-0.2, -0.15) is 5.10 Å². The molecule has 0 bridgehead atoms. The van der Waals surface area contributed by atoms with Crippen molar-refractivity contribution in [3.8, 4) is 11.5 Å². The van der Waals surface area contributed by atoms with Gasteiger partial charge in [0, 0.05) is 30.0 Å². The Balaban J connectivity index is 1.41. The van der Waals surface area contributed by atoms with Gasteiger partial charge in [0.1, 0.15) is 6.04 Å². The molecule has 2 fully saturated rings. The number of hydrogen-bond acceptors (Lipinski definition) is 9. The van der Waals surface area contributed by atoms with Gasteiger partial charge in [-0.15, -0.1) is 0 Å². The number of anilines is 1. The lowest BCUT2D eigenvalue weighted by molar-refractivity contribution is -0.384. The number of benzene rings is 2. The van der Waals surface area contributed by atoms with Crippen molar-refractivity contribution in [3.63, 3.8) is 0 Å². The Kier molecular flexibility index (Phi) is 4.28. The van der Waals surface area contributed by atoms with Crippen molar-refractivity contribution in [2.75, 3.05) is 11.7 Å². The molecule has 0 spiro atoms. The van der Waals surface area contributed by atoms with Crippen molar-refractivity contribution >= 4 is 35.2 Å². The van der Waals surface area contributed by atoms with Gasteiger partial charge in [0.25, 0.3) is 5.69 Å². The van der Waals surface area contributed by atoms with Gasteiger partial charge in [-0.25, -0.2) is 4.90 Å². The number of fused-ring (bicyclic) bond motifs is 4. The minimum Gasteiger partial charge on any atom is -0.454 e. The SMILES string of the molecule is O=C(c1cccc([N+](=O)[O-])c1)[C@@H]1[C@@H]2C(=O)N(c3ccc4c(c3)OCO4)C(=O)[C@H]2[C@H]2C=CC=NN21. The number of non-ortho nitro benzene ring substituents is 1. The van der Waals surface area contributed by atoms with E-state index in [1.807, 2.05) is 0 Å². The average Bonchev–Trinajstić information content (AvgIpc) is 3.51. The normalized spacial score (nSPS) is 26.1. The number of hydrogen-bond donors (Lipinski definition) is 0. The number of carbonyl (C=O) groups is 3. The third kappa shape index (κ3) is 2.76. The molecule has 11 heteroatoms. The third-order valence-electron chi connectivity index (χ3n) is 6.52. The molecule has 4 aliphatic heterocycles. The van der Waals surface area contributed by atoms with E-state index in [1.54, 1.807) is 30.4 Å². The largest absolute Gasteiger partial charge is 0.454 e. The van der Waals surface area contributed by atoms with E-state index in [0.717, 1.165) is 4.90 Å². The summed E-state index contributed by atoms with van der Waals surface area (Å²) in [5, 5.41) is 17.0. The molecule has 0 aliphatic carbocycles. The van der Waals surface area contributed by atoms with Crippen LogP contribution in [0.3, 0.4) is 0 Å². The van der Waals surface area contributed by atoms with Crippen molar-refractivity contribution in [1.29, 1.82) is 0 Å². The maximum atomic E-state index is 13.6. The lowest BCUT2D eigenvalue weighted by Crippen LogP contribution is -2.46. The average molecular weight is 460 g/mol. The first-order chi connectivity index (χ1) is 16.5. The predicted molar refractivity (Wildman–Crippen MR) is 117 cm³/mol. The van der Waals surface area contributed by atoms with Crippen molar-refractivity contribution in [2.45, 2.75) is 12.1 Å². The molecule has 4 aliphatic rings. The molecule has 6 rings (SSSR count). The topological polar surface area (TPSA) is 132 Å². The number of hydrazone groups is 1. The Hall–Kier alpha value is -4.54. The summed E-state index contributed by atoms with van der Waals surface area (Å²) in [6, 6.07) is 8.40. The van der Waals surface area contributed by atoms with Gasteiger partial charge < -0.3 is 9.47 Å². The Labute approximate surface area is 192 Å². The minimum absolute atomic E-state index is 0.0472. The third-order valence-corrected chi connectivity index (χ3v) is 6.52. The Morgan fingerprint density at radius 1 is 1.06 bits per heavy atom. The van der Waals surface area contributed by atoms with Crippen LogP contribution in [-0.2, 0) is 9.59 Å². The number of imide groups is 1. The second-order valence-corrected chi connectivity index (χ2v) is 8.24. The summed E-state index contributed by atoms with van der Waals surface area (Å²) in [5.41, 5.74) is 0.157. The molecule has 0 radical (unpaired) electrons. The van der Waals surface area contributed by atoms with E-state index in [1.165, 1.54) is 35.5 Å². The molecule has 170 valence electrons. The standard InChI is InChI=1S/C23H16N4O7/c28-21(12-3-1-4-14(9-12)27(31)32)20-19-18(15-5-2-8-24-26(15)20)22(29)25(23(19)30)13-6-7-16-17(10-13)34-11-33-16/h1-10,15,18-20H,11H2/t15-,18+,19-,20+/m1/s1. The monoisotopic (exact) mass is 460 g/mol. The van der Waals surface area contributed by atoms with Crippen LogP contribution in [0, 0.1) is 22.0 Å². The minimum atomic E-state index is -1.09. The lowest BCUT2D eigenvalue weighted by Gasteiger charge is -2.30. The highest BCUT2D eigenvalue weighted by Crippen LogP contribution is 2.47. The van der Waals surface area contributed by atoms with E-state index in [0.29, 0.717) is 17.2 Å². The van der Waals surface area contributed by atoms with E-state index >= 15 is 0 Å². The maximum absolute atomic E-state index is 13.6. The van der Waals surface area contributed by atoms with Gasteiger partial charge in [0.2, 0.25) is 18.6 Å². The molecule has 0 saturated carbocycles. The van der Waals surface area contributed by atoms with E-state index < -0.39 is 46.4 Å². The first-order valence-corrected chi connectivity index (χ1v) is 10.5. The van der Waals surface area contributed by atoms with Crippen LogP contribution < -0.4 is 14.4 Å². The zero-order valence-corrected chi connectivity index (χ0v) is 17.4. The molecule has 2 saturated heterocycles. The highest BCUT2D eigenvalue weighted by atomic mass is 16.7. The molecule has 0 unspecified atom stereocenters. The van der Waals surface area contributed by atoms with Gasteiger partial charge in [-0.1, -0.05) is 18.2 Å². The molecule has 34 heavy (non-hydrogen) atoms.